The van der Waals surface area contributed by atoms with Crippen LogP contribution in [0, 0.1) is 0 Å². The molecule has 0 saturated carbocycles. The predicted octanol–water partition coefficient (Wildman–Crippen LogP) is 0.0201. The second-order valence-electron chi connectivity index (χ2n) is 6.30. The summed E-state index contributed by atoms with van der Waals surface area (Å²) in [4.78, 5) is 41.5. The molecule has 2 aromatic rings. The van der Waals surface area contributed by atoms with E-state index >= 15 is 0 Å². The molecule has 122 valence electrons. The highest BCUT2D eigenvalue weighted by Gasteiger charge is 2.45. The zero-order valence-corrected chi connectivity index (χ0v) is 14.2. The van der Waals surface area contributed by atoms with Crippen LogP contribution in [0.4, 0.5) is 11.5 Å². The van der Waals surface area contributed by atoms with Crippen LogP contribution in [0.2, 0.25) is 6.55 Å². The van der Waals surface area contributed by atoms with Gasteiger partial charge in [0.15, 0.2) is 0 Å². The molecule has 0 aliphatic carbocycles. The predicted molar refractivity (Wildman–Crippen MR) is 92.1 cm³/mol. The molecule has 24 heavy (non-hydrogen) atoms. The molecule has 4 rings (SSSR count). The standard InChI is InChI=1S/C17H17N3O3Si/c1-24(23)13-6-3-2-5-11(13)20(16-14(24)7-4-10-18-16)12-8-9-15(21)19-17(12)22/h2-7,10,12,23H,8-9H2,1H3,(H,19,21,22). The molecule has 1 saturated heterocycles. The van der Waals surface area contributed by atoms with Gasteiger partial charge in [-0.25, -0.2) is 4.98 Å². The first-order chi connectivity index (χ1) is 11.5. The van der Waals surface area contributed by atoms with Gasteiger partial charge in [-0.05, 0) is 30.3 Å². The van der Waals surface area contributed by atoms with Crippen molar-refractivity contribution in [1.29, 1.82) is 0 Å². The van der Waals surface area contributed by atoms with Gasteiger partial charge in [-0.1, -0.05) is 24.3 Å². The topological polar surface area (TPSA) is 82.5 Å². The van der Waals surface area contributed by atoms with Crippen molar-refractivity contribution in [1.82, 2.24) is 10.3 Å². The average Bonchev–Trinajstić information content (AvgIpc) is 2.57. The number of imide groups is 1. The van der Waals surface area contributed by atoms with E-state index < -0.39 is 14.4 Å². The van der Waals surface area contributed by atoms with Crippen LogP contribution in [0.5, 0.6) is 0 Å². The normalized spacial score (nSPS) is 25.8. The molecule has 0 spiro atoms. The van der Waals surface area contributed by atoms with Crippen LogP contribution in [0.1, 0.15) is 12.8 Å². The van der Waals surface area contributed by atoms with Crippen LogP contribution in [0.3, 0.4) is 0 Å². The third kappa shape index (κ3) is 2.09. The molecule has 7 heteroatoms. The third-order valence-corrected chi connectivity index (χ3v) is 7.66. The molecule has 1 aromatic heterocycles. The van der Waals surface area contributed by atoms with Gasteiger partial charge >= 0.3 is 0 Å². The fourth-order valence-electron chi connectivity index (χ4n) is 3.57. The van der Waals surface area contributed by atoms with Gasteiger partial charge in [0.25, 0.3) is 8.32 Å². The van der Waals surface area contributed by atoms with Gasteiger partial charge < -0.3 is 9.70 Å². The first-order valence-electron chi connectivity index (χ1n) is 7.90. The Morgan fingerprint density at radius 3 is 2.75 bits per heavy atom. The van der Waals surface area contributed by atoms with E-state index in [0.29, 0.717) is 18.7 Å². The fraction of sp³-hybridized carbons (Fsp3) is 0.235. The fourth-order valence-corrected chi connectivity index (χ4v) is 6.02. The van der Waals surface area contributed by atoms with E-state index in [1.165, 1.54) is 0 Å². The van der Waals surface area contributed by atoms with Crippen LogP contribution in [-0.4, -0.2) is 36.0 Å². The van der Waals surface area contributed by atoms with Crippen molar-refractivity contribution in [2.75, 3.05) is 4.90 Å². The molecule has 1 aromatic carbocycles. The molecule has 0 bridgehead atoms. The van der Waals surface area contributed by atoms with Crippen LogP contribution < -0.4 is 20.6 Å². The first-order valence-corrected chi connectivity index (χ1v) is 10.3. The lowest BCUT2D eigenvalue weighted by Gasteiger charge is -2.42. The van der Waals surface area contributed by atoms with Gasteiger partial charge in [-0.3, -0.25) is 14.9 Å². The summed E-state index contributed by atoms with van der Waals surface area (Å²) in [6.07, 6.45) is 2.39. The number of nitrogens with one attached hydrogen (secondary N) is 1. The molecular formula is C17H17N3O3Si. The SMILES string of the molecule is C[Si]1(O)c2ccccc2N(C2CCC(=O)NC2=O)c2ncccc21. The molecule has 3 heterocycles. The molecule has 2 unspecified atom stereocenters. The average molecular weight is 339 g/mol. The number of hydrogen-bond acceptors (Lipinski definition) is 5. The zero-order valence-electron chi connectivity index (χ0n) is 13.2. The van der Waals surface area contributed by atoms with E-state index in [9.17, 15) is 14.4 Å². The largest absolute Gasteiger partial charge is 0.424 e. The highest BCUT2D eigenvalue weighted by Crippen LogP contribution is 2.33. The van der Waals surface area contributed by atoms with Crippen LogP contribution in [0.15, 0.2) is 42.6 Å². The van der Waals surface area contributed by atoms with Crippen LogP contribution in [-0.2, 0) is 9.59 Å². The van der Waals surface area contributed by atoms with E-state index in [1.807, 2.05) is 41.8 Å². The van der Waals surface area contributed by atoms with E-state index in [0.717, 1.165) is 16.1 Å². The summed E-state index contributed by atoms with van der Waals surface area (Å²) in [6, 6.07) is 10.8. The Bertz CT molecular complexity index is 803. The number of anilines is 2. The number of amides is 2. The number of rotatable bonds is 1. The quantitative estimate of drug-likeness (QED) is 0.565. The van der Waals surface area contributed by atoms with Crippen LogP contribution in [0.25, 0.3) is 0 Å². The Hall–Kier alpha value is -2.51. The second kappa shape index (κ2) is 5.25. The molecule has 1 fully saturated rings. The van der Waals surface area contributed by atoms with Crippen molar-refractivity contribution in [2.24, 2.45) is 0 Å². The van der Waals surface area contributed by atoms with Crippen molar-refractivity contribution >= 4 is 42.0 Å². The number of fused-ring (bicyclic) bond motifs is 2. The summed E-state index contributed by atoms with van der Waals surface area (Å²) in [5, 5.41) is 4.05. The molecule has 6 nitrogen and oxygen atoms in total. The highest BCUT2D eigenvalue weighted by molar-refractivity contribution is 6.98. The number of para-hydroxylation sites is 1. The summed E-state index contributed by atoms with van der Waals surface area (Å²) >= 11 is 0. The maximum atomic E-state index is 12.4. The number of pyridine rings is 1. The lowest BCUT2D eigenvalue weighted by Crippen LogP contribution is -2.64. The minimum Gasteiger partial charge on any atom is -0.424 e. The minimum absolute atomic E-state index is 0.246. The maximum absolute atomic E-state index is 12.4. The Labute approximate surface area is 140 Å². The molecule has 0 radical (unpaired) electrons. The number of benzene rings is 1. The van der Waals surface area contributed by atoms with Gasteiger partial charge in [0.2, 0.25) is 11.8 Å². The number of aromatic nitrogens is 1. The Morgan fingerprint density at radius 2 is 1.96 bits per heavy atom. The van der Waals surface area contributed by atoms with Gasteiger partial charge in [-0.2, -0.15) is 0 Å². The van der Waals surface area contributed by atoms with E-state index in [4.69, 9.17) is 0 Å². The summed E-state index contributed by atoms with van der Waals surface area (Å²) < 4.78 is 0. The Balaban J connectivity index is 1.92. The molecule has 2 amide bonds. The third-order valence-electron chi connectivity index (χ3n) is 4.75. The Morgan fingerprint density at radius 1 is 1.21 bits per heavy atom. The van der Waals surface area contributed by atoms with Gasteiger partial charge in [0.1, 0.15) is 11.9 Å². The zero-order chi connectivity index (χ0) is 16.9. The maximum Gasteiger partial charge on any atom is 0.255 e. The van der Waals surface area contributed by atoms with Gasteiger partial charge in [0.05, 0.1) is 0 Å². The second-order valence-corrected chi connectivity index (χ2v) is 9.52. The summed E-state index contributed by atoms with van der Waals surface area (Å²) in [6.45, 7) is 1.87. The smallest absolute Gasteiger partial charge is 0.255 e. The van der Waals surface area contributed by atoms with E-state index in [2.05, 4.69) is 10.3 Å². The number of piperidine rings is 1. The highest BCUT2D eigenvalue weighted by atomic mass is 28.4. The molecule has 2 aliphatic rings. The van der Waals surface area contributed by atoms with E-state index in [-0.39, 0.29) is 11.8 Å². The van der Waals surface area contributed by atoms with Crippen molar-refractivity contribution in [3.05, 3.63) is 42.6 Å². The van der Waals surface area contributed by atoms with Crippen molar-refractivity contribution < 1.29 is 14.4 Å². The summed E-state index contributed by atoms with van der Waals surface area (Å²) in [7, 11) is -2.88. The first kappa shape index (κ1) is 15.0. The minimum atomic E-state index is -2.88. The molecule has 2 aliphatic heterocycles. The number of carbonyl (C=O) groups is 2. The molecule has 2 N–H and O–H groups in total. The van der Waals surface area contributed by atoms with E-state index in [1.54, 1.807) is 12.3 Å². The number of nitrogens with zero attached hydrogens (tertiary/aromatic N) is 2. The lowest BCUT2D eigenvalue weighted by atomic mass is 10.0. The molecule has 2 atom stereocenters. The van der Waals surface area contributed by atoms with Crippen molar-refractivity contribution in [3.63, 3.8) is 0 Å². The number of carbonyl (C=O) groups excluding carboxylic acids is 2. The van der Waals surface area contributed by atoms with Crippen LogP contribution >= 0.6 is 0 Å². The lowest BCUT2D eigenvalue weighted by molar-refractivity contribution is -0.133. The van der Waals surface area contributed by atoms with Gasteiger partial charge in [0, 0.05) is 23.5 Å². The monoisotopic (exact) mass is 339 g/mol. The van der Waals surface area contributed by atoms with Crippen molar-refractivity contribution in [2.45, 2.75) is 25.4 Å². The number of hydrogen-bond donors (Lipinski definition) is 2. The molecular weight excluding hydrogens is 322 g/mol. The summed E-state index contributed by atoms with van der Waals surface area (Å²) in [5.74, 6) is 0.0485. The van der Waals surface area contributed by atoms with Gasteiger partial charge in [-0.15, -0.1) is 0 Å². The Kier molecular flexibility index (Phi) is 3.29. The summed E-state index contributed by atoms with van der Waals surface area (Å²) in [5.41, 5.74) is 0.801. The van der Waals surface area contributed by atoms with Crippen molar-refractivity contribution in [3.8, 4) is 0 Å².